The fourth-order valence-corrected chi connectivity index (χ4v) is 4.93. The average molecular weight is 305 g/mol. The van der Waals surface area contributed by atoms with E-state index in [1.807, 2.05) is 31.2 Å². The lowest BCUT2D eigenvalue weighted by atomic mass is 10.00. The summed E-state index contributed by atoms with van der Waals surface area (Å²) < 4.78 is 24.7. The molecule has 1 fully saturated rings. The third-order valence-corrected chi connectivity index (χ3v) is 6.23. The van der Waals surface area contributed by atoms with Crippen molar-refractivity contribution in [3.8, 4) is 11.1 Å². The number of nitrogen functional groups attached to an aromatic ring is 1. The Balaban J connectivity index is 2.13. The number of hydrogen-bond donors (Lipinski definition) is 2. The van der Waals surface area contributed by atoms with Crippen LogP contribution in [-0.4, -0.2) is 24.4 Å². The minimum atomic E-state index is -3.13. The molecule has 1 saturated heterocycles. The van der Waals surface area contributed by atoms with E-state index >= 15 is 0 Å². The number of hydrogen-bond acceptors (Lipinski definition) is 4. The van der Waals surface area contributed by atoms with Crippen LogP contribution in [0, 0.1) is 6.92 Å². The summed E-state index contributed by atoms with van der Waals surface area (Å²) in [5.41, 5.74) is 9.37. The van der Waals surface area contributed by atoms with Gasteiger partial charge >= 0.3 is 0 Å². The smallest absolute Gasteiger partial charge is 0.158 e. The highest BCUT2D eigenvalue weighted by Gasteiger charge is 2.34. The number of aryl methyl sites for hydroxylation is 1. The van der Waals surface area contributed by atoms with Gasteiger partial charge in [0, 0.05) is 5.56 Å². The van der Waals surface area contributed by atoms with E-state index in [4.69, 9.17) is 5.73 Å². The molecule has 3 N–H and O–H groups in total. The lowest BCUT2D eigenvalue weighted by Gasteiger charge is -2.22. The number of nitrogens with one attached hydrogen (secondary N) is 1. The highest BCUT2D eigenvalue weighted by Crippen LogP contribution is 2.39. The first-order valence-electron chi connectivity index (χ1n) is 7.11. The Morgan fingerprint density at radius 1 is 1.33 bits per heavy atom. The number of anilines is 1. The molecule has 1 aromatic carbocycles. The van der Waals surface area contributed by atoms with Crippen LogP contribution < -0.4 is 5.73 Å². The SMILES string of the molecule is Cc1cccc(-c2c(N)n[nH]c2C2CCCCS2(=O)=O)c1. The van der Waals surface area contributed by atoms with Crippen LogP contribution in [-0.2, 0) is 9.84 Å². The van der Waals surface area contributed by atoms with Gasteiger partial charge in [-0.05, 0) is 25.3 Å². The van der Waals surface area contributed by atoms with Gasteiger partial charge in [-0.2, -0.15) is 5.10 Å². The zero-order chi connectivity index (χ0) is 15.0. The molecule has 3 rings (SSSR count). The number of H-pyrrole nitrogens is 1. The molecule has 112 valence electrons. The quantitative estimate of drug-likeness (QED) is 0.892. The average Bonchev–Trinajstić information content (AvgIpc) is 2.80. The lowest BCUT2D eigenvalue weighted by molar-refractivity contribution is 0.542. The number of aromatic nitrogens is 2. The van der Waals surface area contributed by atoms with E-state index in [0.29, 0.717) is 17.9 Å². The van der Waals surface area contributed by atoms with Gasteiger partial charge in [-0.1, -0.05) is 36.2 Å². The predicted molar refractivity (Wildman–Crippen MR) is 83.6 cm³/mol. The van der Waals surface area contributed by atoms with E-state index in [2.05, 4.69) is 10.2 Å². The summed E-state index contributed by atoms with van der Waals surface area (Å²) in [6, 6.07) is 7.88. The predicted octanol–water partition coefficient (Wildman–Crippen LogP) is 2.61. The van der Waals surface area contributed by atoms with Crippen molar-refractivity contribution >= 4 is 15.7 Å². The number of nitrogens with zero attached hydrogens (tertiary/aromatic N) is 1. The van der Waals surface area contributed by atoms with Crippen molar-refractivity contribution in [3.05, 3.63) is 35.5 Å². The normalized spacial score (nSPS) is 21.3. The van der Waals surface area contributed by atoms with E-state index in [1.54, 1.807) is 0 Å². The van der Waals surface area contributed by atoms with Gasteiger partial charge in [-0.25, -0.2) is 8.42 Å². The molecule has 1 aromatic heterocycles. The lowest BCUT2D eigenvalue weighted by Crippen LogP contribution is -2.22. The fourth-order valence-electron chi connectivity index (χ4n) is 2.99. The first-order valence-corrected chi connectivity index (χ1v) is 8.83. The molecule has 2 aromatic rings. The molecule has 0 saturated carbocycles. The van der Waals surface area contributed by atoms with Gasteiger partial charge in [0.05, 0.1) is 11.4 Å². The number of benzene rings is 1. The Morgan fingerprint density at radius 3 is 2.86 bits per heavy atom. The summed E-state index contributed by atoms with van der Waals surface area (Å²) >= 11 is 0. The summed E-state index contributed by atoms with van der Waals surface area (Å²) in [6.45, 7) is 2.00. The second-order valence-electron chi connectivity index (χ2n) is 5.62. The molecule has 0 aliphatic carbocycles. The molecule has 6 heteroatoms. The molecule has 0 spiro atoms. The van der Waals surface area contributed by atoms with Crippen molar-refractivity contribution in [1.82, 2.24) is 10.2 Å². The minimum absolute atomic E-state index is 0.240. The van der Waals surface area contributed by atoms with E-state index in [-0.39, 0.29) is 5.75 Å². The van der Waals surface area contributed by atoms with Crippen molar-refractivity contribution in [1.29, 1.82) is 0 Å². The second-order valence-corrected chi connectivity index (χ2v) is 7.92. The van der Waals surface area contributed by atoms with Crippen LogP contribution in [0.3, 0.4) is 0 Å². The Bertz CT molecular complexity index is 765. The summed E-state index contributed by atoms with van der Waals surface area (Å²) in [4.78, 5) is 0. The number of nitrogens with two attached hydrogens (primary N) is 1. The van der Waals surface area contributed by atoms with Gasteiger partial charge in [0.25, 0.3) is 0 Å². The standard InChI is InChI=1S/C15H19N3O2S/c1-10-5-4-6-11(9-10)13-14(17-18-15(13)16)12-7-2-3-8-21(12,19)20/h4-6,9,12H,2-3,7-8H2,1H3,(H3,16,17,18). The van der Waals surface area contributed by atoms with E-state index < -0.39 is 15.1 Å². The van der Waals surface area contributed by atoms with Gasteiger partial charge in [0.2, 0.25) is 0 Å². The highest BCUT2D eigenvalue weighted by molar-refractivity contribution is 7.91. The van der Waals surface area contributed by atoms with Crippen molar-refractivity contribution in [3.63, 3.8) is 0 Å². The van der Waals surface area contributed by atoms with Crippen LogP contribution in [0.1, 0.15) is 35.8 Å². The summed E-state index contributed by atoms with van der Waals surface area (Å²) in [5.74, 6) is 0.598. The minimum Gasteiger partial charge on any atom is -0.382 e. The topological polar surface area (TPSA) is 88.8 Å². The zero-order valence-corrected chi connectivity index (χ0v) is 12.8. The summed E-state index contributed by atoms with van der Waals surface area (Å²) in [5, 5.41) is 6.39. The van der Waals surface area contributed by atoms with Gasteiger partial charge in [-0.15, -0.1) is 0 Å². The Kier molecular flexibility index (Phi) is 3.49. The van der Waals surface area contributed by atoms with Gasteiger partial charge in [0.1, 0.15) is 5.25 Å². The van der Waals surface area contributed by atoms with Crippen molar-refractivity contribution in [2.45, 2.75) is 31.4 Å². The van der Waals surface area contributed by atoms with Crippen LogP contribution in [0.15, 0.2) is 24.3 Å². The highest BCUT2D eigenvalue weighted by atomic mass is 32.2. The molecule has 2 heterocycles. The molecule has 1 unspecified atom stereocenters. The largest absolute Gasteiger partial charge is 0.382 e. The third kappa shape index (κ3) is 2.55. The monoisotopic (exact) mass is 305 g/mol. The maximum atomic E-state index is 12.4. The Morgan fingerprint density at radius 2 is 2.14 bits per heavy atom. The first kappa shape index (κ1) is 14.1. The molecule has 21 heavy (non-hydrogen) atoms. The molecule has 1 atom stereocenters. The maximum absolute atomic E-state index is 12.4. The molecule has 1 aliphatic heterocycles. The molecule has 5 nitrogen and oxygen atoms in total. The van der Waals surface area contributed by atoms with E-state index in [1.165, 1.54) is 0 Å². The van der Waals surface area contributed by atoms with E-state index in [9.17, 15) is 8.42 Å². The summed E-state index contributed by atoms with van der Waals surface area (Å²) in [6.07, 6.45) is 2.28. The van der Waals surface area contributed by atoms with Crippen LogP contribution in [0.4, 0.5) is 5.82 Å². The molecule has 1 aliphatic rings. The summed E-state index contributed by atoms with van der Waals surface area (Å²) in [7, 11) is -3.13. The van der Waals surface area contributed by atoms with Crippen molar-refractivity contribution in [2.75, 3.05) is 11.5 Å². The van der Waals surface area contributed by atoms with Crippen LogP contribution in [0.2, 0.25) is 0 Å². The molecular weight excluding hydrogens is 286 g/mol. The van der Waals surface area contributed by atoms with Crippen molar-refractivity contribution < 1.29 is 8.42 Å². The molecule has 0 bridgehead atoms. The van der Waals surface area contributed by atoms with Crippen LogP contribution in [0.25, 0.3) is 11.1 Å². The maximum Gasteiger partial charge on any atom is 0.158 e. The van der Waals surface area contributed by atoms with Gasteiger partial charge in [0.15, 0.2) is 15.7 Å². The second kappa shape index (κ2) is 5.18. The Hall–Kier alpha value is -1.82. The van der Waals surface area contributed by atoms with Crippen molar-refractivity contribution in [2.24, 2.45) is 0 Å². The van der Waals surface area contributed by atoms with Gasteiger partial charge < -0.3 is 5.73 Å². The van der Waals surface area contributed by atoms with E-state index in [0.717, 1.165) is 29.5 Å². The van der Waals surface area contributed by atoms with Crippen LogP contribution in [0.5, 0.6) is 0 Å². The third-order valence-electron chi connectivity index (χ3n) is 4.03. The Labute approximate surface area is 124 Å². The molecule has 0 radical (unpaired) electrons. The number of sulfone groups is 1. The first-order chi connectivity index (χ1) is 9.99. The molecule has 0 amide bonds. The number of aromatic amines is 1. The fraction of sp³-hybridized carbons (Fsp3) is 0.400. The van der Waals surface area contributed by atoms with Crippen LogP contribution >= 0.6 is 0 Å². The zero-order valence-electron chi connectivity index (χ0n) is 12.0. The van der Waals surface area contributed by atoms with Gasteiger partial charge in [-0.3, -0.25) is 5.10 Å². The molecular formula is C15H19N3O2S. The number of rotatable bonds is 2.